The van der Waals surface area contributed by atoms with Gasteiger partial charge in [0.05, 0.1) is 5.69 Å². The number of nitrogens with zero attached hydrogens (tertiary/aromatic N) is 1. The lowest BCUT2D eigenvalue weighted by Gasteiger charge is -2.16. The third-order valence-corrected chi connectivity index (χ3v) is 3.52. The summed E-state index contributed by atoms with van der Waals surface area (Å²) in [6.07, 6.45) is 0.119. The molecule has 14 heavy (non-hydrogen) atoms. The highest BCUT2D eigenvalue weighted by atomic mass is 32.1. The summed E-state index contributed by atoms with van der Waals surface area (Å²) in [5, 5.41) is 10.8. The van der Waals surface area contributed by atoms with Crippen molar-refractivity contribution in [3.8, 4) is 0 Å². The maximum Gasteiger partial charge on any atom is 0.411 e. The predicted molar refractivity (Wildman–Crippen MR) is 59.5 cm³/mol. The smallest absolute Gasteiger partial charge is 0.411 e. The van der Waals surface area contributed by atoms with Gasteiger partial charge in [-0.25, -0.2) is 4.79 Å². The monoisotopic (exact) mass is 213 g/mol. The average Bonchev–Trinajstić information content (AvgIpc) is 2.63. The third-order valence-electron chi connectivity index (χ3n) is 2.38. The van der Waals surface area contributed by atoms with Gasteiger partial charge in [0.15, 0.2) is 0 Å². The van der Waals surface area contributed by atoms with Crippen molar-refractivity contribution in [1.82, 2.24) is 0 Å². The van der Waals surface area contributed by atoms with Crippen molar-refractivity contribution in [2.75, 3.05) is 11.9 Å². The molecule has 0 bridgehead atoms. The summed E-state index contributed by atoms with van der Waals surface area (Å²) < 4.78 is 0. The van der Waals surface area contributed by atoms with Crippen molar-refractivity contribution in [1.29, 1.82) is 0 Å². The van der Waals surface area contributed by atoms with E-state index in [1.165, 1.54) is 4.90 Å². The fourth-order valence-electron chi connectivity index (χ4n) is 1.25. The quantitative estimate of drug-likeness (QED) is 0.836. The molecule has 1 atom stereocenters. The number of rotatable bonds is 3. The minimum atomic E-state index is -0.909. The SMILES string of the molecule is CCC(C)c1sccc1N(C)C(=O)O. The van der Waals surface area contributed by atoms with Crippen molar-refractivity contribution in [2.45, 2.75) is 26.2 Å². The van der Waals surface area contributed by atoms with Crippen molar-refractivity contribution in [3.05, 3.63) is 16.3 Å². The zero-order chi connectivity index (χ0) is 10.7. The van der Waals surface area contributed by atoms with E-state index >= 15 is 0 Å². The van der Waals surface area contributed by atoms with E-state index in [2.05, 4.69) is 13.8 Å². The van der Waals surface area contributed by atoms with Crippen LogP contribution in [0, 0.1) is 0 Å². The van der Waals surface area contributed by atoms with Gasteiger partial charge in [0.25, 0.3) is 0 Å². The molecule has 0 saturated carbocycles. The molecule has 1 N–H and O–H groups in total. The molecule has 1 amide bonds. The molecule has 0 saturated heterocycles. The van der Waals surface area contributed by atoms with Crippen LogP contribution in [0.4, 0.5) is 10.5 Å². The molecule has 1 heterocycles. The summed E-state index contributed by atoms with van der Waals surface area (Å²) in [5.74, 6) is 0.423. The maximum atomic E-state index is 10.8. The first-order valence-corrected chi connectivity index (χ1v) is 5.50. The van der Waals surface area contributed by atoms with E-state index in [0.717, 1.165) is 17.0 Å². The molecule has 0 aromatic carbocycles. The molecule has 0 spiro atoms. The molecule has 3 nitrogen and oxygen atoms in total. The Hall–Kier alpha value is -1.03. The molecule has 0 aliphatic rings. The first-order valence-electron chi connectivity index (χ1n) is 4.62. The standard InChI is InChI=1S/C10H15NO2S/c1-4-7(2)9-8(5-6-14-9)11(3)10(12)13/h5-7H,4H2,1-3H3,(H,12,13). The Kier molecular flexibility index (Phi) is 3.52. The zero-order valence-corrected chi connectivity index (χ0v) is 9.47. The maximum absolute atomic E-state index is 10.8. The fraction of sp³-hybridized carbons (Fsp3) is 0.500. The lowest BCUT2D eigenvalue weighted by molar-refractivity contribution is 0.203. The highest BCUT2D eigenvalue weighted by molar-refractivity contribution is 7.10. The van der Waals surface area contributed by atoms with Crippen LogP contribution in [0.5, 0.6) is 0 Å². The number of amides is 1. The molecular weight excluding hydrogens is 198 g/mol. The largest absolute Gasteiger partial charge is 0.465 e. The van der Waals surface area contributed by atoms with Crippen LogP contribution in [0.3, 0.4) is 0 Å². The Morgan fingerprint density at radius 3 is 2.86 bits per heavy atom. The normalized spacial score (nSPS) is 12.5. The van der Waals surface area contributed by atoms with Gasteiger partial charge in [0.1, 0.15) is 0 Å². The topological polar surface area (TPSA) is 40.5 Å². The molecule has 0 fully saturated rings. The molecule has 1 unspecified atom stereocenters. The second-order valence-corrected chi connectivity index (χ2v) is 4.27. The van der Waals surface area contributed by atoms with Crippen LogP contribution < -0.4 is 4.90 Å². The van der Waals surface area contributed by atoms with Crippen LogP contribution in [0.15, 0.2) is 11.4 Å². The molecule has 0 aliphatic carbocycles. The van der Waals surface area contributed by atoms with Gasteiger partial charge in [0.2, 0.25) is 0 Å². The Morgan fingerprint density at radius 2 is 2.36 bits per heavy atom. The van der Waals surface area contributed by atoms with Crippen LogP contribution in [0.1, 0.15) is 31.1 Å². The van der Waals surface area contributed by atoms with Crippen LogP contribution in [0.25, 0.3) is 0 Å². The first-order chi connectivity index (χ1) is 6.57. The van der Waals surface area contributed by atoms with Crippen molar-refractivity contribution in [3.63, 3.8) is 0 Å². The average molecular weight is 213 g/mol. The number of thiophene rings is 1. The number of carbonyl (C=O) groups is 1. The minimum Gasteiger partial charge on any atom is -0.465 e. The first kappa shape index (κ1) is 11.0. The van der Waals surface area contributed by atoms with E-state index in [4.69, 9.17) is 5.11 Å². The summed E-state index contributed by atoms with van der Waals surface area (Å²) in [6.45, 7) is 4.22. The van der Waals surface area contributed by atoms with Gasteiger partial charge in [-0.05, 0) is 23.8 Å². The summed E-state index contributed by atoms with van der Waals surface area (Å²) in [7, 11) is 1.58. The molecule has 4 heteroatoms. The minimum absolute atomic E-state index is 0.423. The van der Waals surface area contributed by atoms with E-state index in [1.54, 1.807) is 18.4 Å². The van der Waals surface area contributed by atoms with Crippen LogP contribution in [0.2, 0.25) is 0 Å². The Labute approximate surface area is 88.0 Å². The lowest BCUT2D eigenvalue weighted by Crippen LogP contribution is -2.24. The Balaban J connectivity index is 2.98. The van der Waals surface area contributed by atoms with Gasteiger partial charge < -0.3 is 5.11 Å². The van der Waals surface area contributed by atoms with E-state index < -0.39 is 6.09 Å². The van der Waals surface area contributed by atoms with Crippen molar-refractivity contribution in [2.24, 2.45) is 0 Å². The lowest BCUT2D eigenvalue weighted by atomic mass is 10.1. The number of anilines is 1. The second kappa shape index (κ2) is 4.46. The number of hydrogen-bond donors (Lipinski definition) is 1. The molecule has 1 aromatic rings. The van der Waals surface area contributed by atoms with E-state index in [9.17, 15) is 4.79 Å². The van der Waals surface area contributed by atoms with Gasteiger partial charge in [-0.15, -0.1) is 11.3 Å². The molecular formula is C10H15NO2S. The van der Waals surface area contributed by atoms with E-state index in [-0.39, 0.29) is 0 Å². The van der Waals surface area contributed by atoms with E-state index in [1.807, 2.05) is 11.4 Å². The van der Waals surface area contributed by atoms with Crippen molar-refractivity contribution >= 4 is 23.1 Å². The Morgan fingerprint density at radius 1 is 1.71 bits per heavy atom. The third kappa shape index (κ3) is 2.07. The Bertz CT molecular complexity index is 322. The van der Waals surface area contributed by atoms with Crippen LogP contribution in [-0.2, 0) is 0 Å². The van der Waals surface area contributed by atoms with Crippen LogP contribution >= 0.6 is 11.3 Å². The predicted octanol–water partition coefficient (Wildman–Crippen LogP) is 3.38. The fourth-order valence-corrected chi connectivity index (χ4v) is 2.32. The molecule has 1 rings (SSSR count). The van der Waals surface area contributed by atoms with Gasteiger partial charge in [-0.1, -0.05) is 13.8 Å². The van der Waals surface area contributed by atoms with Crippen molar-refractivity contribution < 1.29 is 9.90 Å². The summed E-state index contributed by atoms with van der Waals surface area (Å²) >= 11 is 1.62. The van der Waals surface area contributed by atoms with Crippen LogP contribution in [-0.4, -0.2) is 18.2 Å². The van der Waals surface area contributed by atoms with Gasteiger partial charge in [-0.2, -0.15) is 0 Å². The number of carboxylic acid groups (broad SMARTS) is 1. The van der Waals surface area contributed by atoms with Gasteiger partial charge in [-0.3, -0.25) is 4.90 Å². The van der Waals surface area contributed by atoms with E-state index in [0.29, 0.717) is 5.92 Å². The summed E-state index contributed by atoms with van der Waals surface area (Å²) in [5.41, 5.74) is 0.817. The summed E-state index contributed by atoms with van der Waals surface area (Å²) in [4.78, 5) is 13.2. The van der Waals surface area contributed by atoms with Gasteiger partial charge >= 0.3 is 6.09 Å². The molecule has 1 aromatic heterocycles. The molecule has 0 radical (unpaired) electrons. The summed E-state index contributed by atoms with van der Waals surface area (Å²) in [6, 6.07) is 1.86. The van der Waals surface area contributed by atoms with Gasteiger partial charge in [0, 0.05) is 11.9 Å². The highest BCUT2D eigenvalue weighted by Gasteiger charge is 2.17. The molecule has 78 valence electrons. The second-order valence-electron chi connectivity index (χ2n) is 3.32. The molecule has 0 aliphatic heterocycles. The number of hydrogen-bond acceptors (Lipinski definition) is 2. The zero-order valence-electron chi connectivity index (χ0n) is 8.65. The highest BCUT2D eigenvalue weighted by Crippen LogP contribution is 2.33.